The van der Waals surface area contributed by atoms with Crippen molar-refractivity contribution in [1.82, 2.24) is 0 Å². The molecule has 1 aromatic rings. The molecule has 21 heavy (non-hydrogen) atoms. The van der Waals surface area contributed by atoms with Crippen molar-refractivity contribution in [2.24, 2.45) is 0 Å². The average molecular weight is 288 g/mol. The number of methoxy groups -OCH3 is 1. The number of aliphatic hydroxyl groups is 1. The van der Waals surface area contributed by atoms with Gasteiger partial charge in [0.1, 0.15) is 5.60 Å². The normalized spacial score (nSPS) is 17.7. The van der Waals surface area contributed by atoms with Gasteiger partial charge in [-0.2, -0.15) is 0 Å². The number of hydrogen-bond acceptors (Lipinski definition) is 3. The zero-order chi connectivity index (χ0) is 15.3. The Hall–Kier alpha value is -1.66. The zero-order valence-electron chi connectivity index (χ0n) is 13.1. The van der Waals surface area contributed by atoms with Crippen LogP contribution < -0.4 is 9.47 Å². The van der Waals surface area contributed by atoms with E-state index in [-0.39, 0.29) is 6.10 Å². The van der Waals surface area contributed by atoms with Gasteiger partial charge in [0.25, 0.3) is 0 Å². The first-order valence-electron chi connectivity index (χ1n) is 7.64. The van der Waals surface area contributed by atoms with Crippen LogP contribution in [0.4, 0.5) is 0 Å². The molecule has 3 nitrogen and oxygen atoms in total. The molecule has 1 aromatic carbocycles. The van der Waals surface area contributed by atoms with Gasteiger partial charge in [0, 0.05) is 5.56 Å². The topological polar surface area (TPSA) is 38.7 Å². The van der Waals surface area contributed by atoms with Gasteiger partial charge in [-0.1, -0.05) is 18.8 Å². The average Bonchev–Trinajstić information content (AvgIpc) is 2.98. The van der Waals surface area contributed by atoms with E-state index in [9.17, 15) is 5.11 Å². The van der Waals surface area contributed by atoms with Crippen LogP contribution in [-0.4, -0.2) is 23.9 Å². The molecule has 1 N–H and O–H groups in total. The molecule has 114 valence electrons. The minimum absolute atomic E-state index is 0.279. The largest absolute Gasteiger partial charge is 0.493 e. The Morgan fingerprint density at radius 1 is 1.29 bits per heavy atom. The summed E-state index contributed by atoms with van der Waals surface area (Å²) in [6.07, 6.45) is 5.54. The van der Waals surface area contributed by atoms with Gasteiger partial charge in [0.05, 0.1) is 13.2 Å². The van der Waals surface area contributed by atoms with Crippen molar-refractivity contribution >= 4 is 0 Å². The Kier molecular flexibility index (Phi) is 5.14. The first kappa shape index (κ1) is 15.7. The second kappa shape index (κ2) is 6.87. The van der Waals surface area contributed by atoms with E-state index in [4.69, 9.17) is 9.47 Å². The van der Waals surface area contributed by atoms with Crippen LogP contribution in [0.1, 0.15) is 51.5 Å². The molecule has 0 heterocycles. The van der Waals surface area contributed by atoms with Crippen LogP contribution >= 0.6 is 0 Å². The minimum atomic E-state index is -0.952. The van der Waals surface area contributed by atoms with Crippen molar-refractivity contribution in [2.75, 3.05) is 7.11 Å². The van der Waals surface area contributed by atoms with E-state index in [1.807, 2.05) is 25.1 Å². The second-order valence-corrected chi connectivity index (χ2v) is 5.77. The highest BCUT2D eigenvalue weighted by atomic mass is 16.5. The minimum Gasteiger partial charge on any atom is -0.493 e. The molecule has 1 unspecified atom stereocenters. The summed E-state index contributed by atoms with van der Waals surface area (Å²) in [7, 11) is 1.64. The Balaban J connectivity index is 2.20. The monoisotopic (exact) mass is 288 g/mol. The summed E-state index contributed by atoms with van der Waals surface area (Å²) in [5, 5.41) is 9.95. The number of benzene rings is 1. The lowest BCUT2D eigenvalue weighted by Crippen LogP contribution is -2.19. The van der Waals surface area contributed by atoms with Gasteiger partial charge < -0.3 is 14.6 Å². The summed E-state index contributed by atoms with van der Waals surface area (Å²) < 4.78 is 11.4. The summed E-state index contributed by atoms with van der Waals surface area (Å²) >= 11 is 0. The molecule has 0 bridgehead atoms. The van der Waals surface area contributed by atoms with Crippen molar-refractivity contribution in [3.8, 4) is 23.3 Å². The Bertz CT molecular complexity index is 531. The highest BCUT2D eigenvalue weighted by Crippen LogP contribution is 2.32. The van der Waals surface area contributed by atoms with Crippen molar-refractivity contribution in [3.05, 3.63) is 23.8 Å². The molecule has 1 atom stereocenters. The van der Waals surface area contributed by atoms with E-state index in [1.54, 1.807) is 14.0 Å². The molecule has 0 amide bonds. The molecule has 0 aromatic heterocycles. The van der Waals surface area contributed by atoms with Gasteiger partial charge in [-0.05, 0) is 57.2 Å². The van der Waals surface area contributed by atoms with Gasteiger partial charge in [0.2, 0.25) is 0 Å². The van der Waals surface area contributed by atoms with Crippen molar-refractivity contribution < 1.29 is 14.6 Å². The standard InChI is InChI=1S/C18H24O3/c1-4-18(2,19)12-11-14-9-10-16(20-3)17(13-14)21-15-7-5-6-8-15/h9-10,13,15,19H,4-8H2,1-3H3. The number of ether oxygens (including phenoxy) is 2. The molecular weight excluding hydrogens is 264 g/mol. The maximum atomic E-state index is 9.95. The molecule has 1 aliphatic carbocycles. The summed E-state index contributed by atoms with van der Waals surface area (Å²) in [5.41, 5.74) is -0.121. The summed E-state index contributed by atoms with van der Waals surface area (Å²) in [4.78, 5) is 0. The molecule has 1 aliphatic rings. The molecule has 0 saturated heterocycles. The first-order valence-corrected chi connectivity index (χ1v) is 7.64. The van der Waals surface area contributed by atoms with E-state index in [1.165, 1.54) is 12.8 Å². The fourth-order valence-electron chi connectivity index (χ4n) is 2.33. The molecular formula is C18H24O3. The van der Waals surface area contributed by atoms with Gasteiger partial charge >= 0.3 is 0 Å². The molecule has 3 heteroatoms. The summed E-state index contributed by atoms with van der Waals surface area (Å²) in [6.45, 7) is 3.64. The van der Waals surface area contributed by atoms with Crippen molar-refractivity contribution in [3.63, 3.8) is 0 Å². The van der Waals surface area contributed by atoms with E-state index in [2.05, 4.69) is 11.8 Å². The van der Waals surface area contributed by atoms with Crippen LogP contribution in [0.25, 0.3) is 0 Å². The third-order valence-electron chi connectivity index (χ3n) is 3.92. The highest BCUT2D eigenvalue weighted by Gasteiger charge is 2.18. The van der Waals surface area contributed by atoms with E-state index in [0.717, 1.165) is 29.9 Å². The van der Waals surface area contributed by atoms with Gasteiger partial charge in [0.15, 0.2) is 11.5 Å². The first-order chi connectivity index (χ1) is 10.0. The zero-order valence-corrected chi connectivity index (χ0v) is 13.1. The summed E-state index contributed by atoms with van der Waals surface area (Å²) in [6, 6.07) is 5.66. The molecule has 0 radical (unpaired) electrons. The molecule has 1 saturated carbocycles. The second-order valence-electron chi connectivity index (χ2n) is 5.77. The molecule has 0 aliphatic heterocycles. The Labute approximate surface area is 127 Å². The fraction of sp³-hybridized carbons (Fsp3) is 0.556. The molecule has 1 fully saturated rings. The maximum Gasteiger partial charge on any atom is 0.162 e. The quantitative estimate of drug-likeness (QED) is 0.861. The number of rotatable bonds is 4. The number of hydrogen-bond donors (Lipinski definition) is 1. The highest BCUT2D eigenvalue weighted by molar-refractivity contribution is 5.49. The smallest absolute Gasteiger partial charge is 0.162 e. The van der Waals surface area contributed by atoms with Crippen LogP contribution in [0.15, 0.2) is 18.2 Å². The van der Waals surface area contributed by atoms with Crippen molar-refractivity contribution in [2.45, 2.75) is 57.7 Å². The van der Waals surface area contributed by atoms with Gasteiger partial charge in [-0.15, -0.1) is 0 Å². The fourth-order valence-corrected chi connectivity index (χ4v) is 2.33. The third kappa shape index (κ3) is 4.41. The lowest BCUT2D eigenvalue weighted by molar-refractivity contribution is 0.118. The predicted octanol–water partition coefficient (Wildman–Crippen LogP) is 3.53. The Morgan fingerprint density at radius 3 is 2.62 bits per heavy atom. The van der Waals surface area contributed by atoms with E-state index >= 15 is 0 Å². The van der Waals surface area contributed by atoms with E-state index in [0.29, 0.717) is 6.42 Å². The molecule has 2 rings (SSSR count). The maximum absolute atomic E-state index is 9.95. The van der Waals surface area contributed by atoms with Crippen LogP contribution in [-0.2, 0) is 0 Å². The predicted molar refractivity (Wildman–Crippen MR) is 83.7 cm³/mol. The Morgan fingerprint density at radius 2 is 2.00 bits per heavy atom. The van der Waals surface area contributed by atoms with Crippen molar-refractivity contribution in [1.29, 1.82) is 0 Å². The lowest BCUT2D eigenvalue weighted by Gasteiger charge is -2.16. The van der Waals surface area contributed by atoms with E-state index < -0.39 is 5.60 Å². The van der Waals surface area contributed by atoms with Crippen LogP contribution in [0.3, 0.4) is 0 Å². The van der Waals surface area contributed by atoms with Gasteiger partial charge in [-0.3, -0.25) is 0 Å². The van der Waals surface area contributed by atoms with Gasteiger partial charge in [-0.25, -0.2) is 0 Å². The SMILES string of the molecule is CCC(C)(O)C#Cc1ccc(OC)c(OC2CCCC2)c1. The van der Waals surface area contributed by atoms with Crippen LogP contribution in [0.2, 0.25) is 0 Å². The van der Waals surface area contributed by atoms with Crippen LogP contribution in [0.5, 0.6) is 11.5 Å². The van der Waals surface area contributed by atoms with Crippen LogP contribution in [0, 0.1) is 11.8 Å². The third-order valence-corrected chi connectivity index (χ3v) is 3.92. The molecule has 0 spiro atoms. The lowest BCUT2D eigenvalue weighted by atomic mass is 10.0. The summed E-state index contributed by atoms with van der Waals surface area (Å²) in [5.74, 6) is 7.38.